The Morgan fingerprint density at radius 2 is 1.91 bits per heavy atom. The number of fused-ring (bicyclic) bond motifs is 1. The summed E-state index contributed by atoms with van der Waals surface area (Å²) in [6.45, 7) is 3.62. The average Bonchev–Trinajstić information content (AvgIpc) is 2.54. The van der Waals surface area contributed by atoms with E-state index in [9.17, 15) is 4.79 Å². The van der Waals surface area contributed by atoms with Gasteiger partial charge in [-0.1, -0.05) is 42.8 Å². The van der Waals surface area contributed by atoms with Crippen LogP contribution in [0.3, 0.4) is 0 Å². The molecule has 2 N–H and O–H groups in total. The van der Waals surface area contributed by atoms with E-state index in [-0.39, 0.29) is 5.63 Å². The molecule has 0 aliphatic carbocycles. The van der Waals surface area contributed by atoms with Crippen molar-refractivity contribution in [3.8, 4) is 0 Å². The zero-order valence-corrected chi connectivity index (χ0v) is 13.8. The molecule has 0 radical (unpaired) electrons. The van der Waals surface area contributed by atoms with Gasteiger partial charge in [0, 0.05) is 27.6 Å². The van der Waals surface area contributed by atoms with Crippen LogP contribution in [-0.2, 0) is 19.5 Å². The van der Waals surface area contributed by atoms with E-state index in [1.807, 2.05) is 36.4 Å². The zero-order chi connectivity index (χ0) is 16.2. The number of aryl methyl sites for hydroxylation is 1. The van der Waals surface area contributed by atoms with Gasteiger partial charge in [0.15, 0.2) is 0 Å². The molecule has 1 aromatic heterocycles. The highest BCUT2D eigenvalue weighted by molar-refractivity contribution is 6.30. The molecule has 0 aliphatic heterocycles. The number of halogens is 1. The van der Waals surface area contributed by atoms with Crippen molar-refractivity contribution < 1.29 is 9.73 Å². The highest BCUT2D eigenvalue weighted by Crippen LogP contribution is 2.18. The second-order valence-corrected chi connectivity index (χ2v) is 6.04. The maximum atomic E-state index is 11.8. The molecular formula is C19H19ClNO2+. The van der Waals surface area contributed by atoms with E-state index >= 15 is 0 Å². The molecule has 0 saturated heterocycles. The Kier molecular flexibility index (Phi) is 4.79. The smallest absolute Gasteiger partial charge is 0.336 e. The highest BCUT2D eigenvalue weighted by atomic mass is 35.5. The molecule has 0 fully saturated rings. The number of benzene rings is 2. The predicted molar refractivity (Wildman–Crippen MR) is 92.6 cm³/mol. The fourth-order valence-corrected chi connectivity index (χ4v) is 2.93. The fraction of sp³-hybridized carbons (Fsp3) is 0.211. The van der Waals surface area contributed by atoms with E-state index in [1.165, 1.54) is 5.56 Å². The number of nitrogens with two attached hydrogens (primary N) is 1. The summed E-state index contributed by atoms with van der Waals surface area (Å²) in [6.07, 6.45) is 0.921. The Hall–Kier alpha value is -2.10. The van der Waals surface area contributed by atoms with Gasteiger partial charge in [0.2, 0.25) is 0 Å². The lowest BCUT2D eigenvalue weighted by Gasteiger charge is -2.06. The second-order valence-electron chi connectivity index (χ2n) is 5.60. The van der Waals surface area contributed by atoms with Gasteiger partial charge in [0.1, 0.15) is 18.7 Å². The third kappa shape index (κ3) is 3.81. The van der Waals surface area contributed by atoms with Gasteiger partial charge >= 0.3 is 5.63 Å². The number of hydrogen-bond acceptors (Lipinski definition) is 2. The van der Waals surface area contributed by atoms with Gasteiger partial charge in [0.05, 0.1) is 0 Å². The molecule has 0 saturated carbocycles. The van der Waals surface area contributed by atoms with E-state index in [1.54, 1.807) is 6.07 Å². The van der Waals surface area contributed by atoms with Crippen molar-refractivity contribution in [2.75, 3.05) is 0 Å². The van der Waals surface area contributed by atoms with Crippen LogP contribution in [0.5, 0.6) is 0 Å². The van der Waals surface area contributed by atoms with E-state index in [4.69, 9.17) is 16.0 Å². The van der Waals surface area contributed by atoms with Crippen molar-refractivity contribution in [2.45, 2.75) is 26.4 Å². The maximum Gasteiger partial charge on any atom is 0.336 e. The molecule has 0 atom stereocenters. The first-order chi connectivity index (χ1) is 11.2. The van der Waals surface area contributed by atoms with Crippen LogP contribution in [0.15, 0.2) is 57.7 Å². The third-order valence-corrected chi connectivity index (χ3v) is 4.17. The quantitative estimate of drug-likeness (QED) is 0.731. The first-order valence-corrected chi connectivity index (χ1v) is 8.15. The molecule has 23 heavy (non-hydrogen) atoms. The van der Waals surface area contributed by atoms with Gasteiger partial charge < -0.3 is 9.73 Å². The van der Waals surface area contributed by atoms with E-state index in [0.29, 0.717) is 5.58 Å². The third-order valence-electron chi connectivity index (χ3n) is 3.94. The Morgan fingerprint density at radius 1 is 1.04 bits per heavy atom. The normalized spacial score (nSPS) is 11.0. The van der Waals surface area contributed by atoms with Gasteiger partial charge in [-0.3, -0.25) is 0 Å². The SMILES string of the molecule is CCc1ccc2c(C[NH2+]Cc3cccc(Cl)c3)cc(=O)oc2c1. The molecule has 3 aromatic rings. The summed E-state index contributed by atoms with van der Waals surface area (Å²) < 4.78 is 5.34. The van der Waals surface area contributed by atoms with Gasteiger partial charge in [0.25, 0.3) is 0 Å². The molecule has 0 unspecified atom stereocenters. The lowest BCUT2D eigenvalue weighted by atomic mass is 10.1. The topological polar surface area (TPSA) is 46.8 Å². The Balaban J connectivity index is 1.81. The minimum Gasteiger partial charge on any atom is -0.423 e. The van der Waals surface area contributed by atoms with Crippen molar-refractivity contribution in [2.24, 2.45) is 0 Å². The Labute approximate surface area is 139 Å². The van der Waals surface area contributed by atoms with Crippen LogP contribution in [0, 0.1) is 0 Å². The summed E-state index contributed by atoms with van der Waals surface area (Å²) in [7, 11) is 0. The monoisotopic (exact) mass is 328 g/mol. The highest BCUT2D eigenvalue weighted by Gasteiger charge is 2.08. The van der Waals surface area contributed by atoms with Crippen molar-refractivity contribution in [3.63, 3.8) is 0 Å². The molecule has 0 spiro atoms. The summed E-state index contributed by atoms with van der Waals surface area (Å²) >= 11 is 6.00. The summed E-state index contributed by atoms with van der Waals surface area (Å²) in [5.41, 5.74) is 3.71. The van der Waals surface area contributed by atoms with Crippen molar-refractivity contribution >= 4 is 22.6 Å². The molecule has 0 aliphatic rings. The van der Waals surface area contributed by atoms with Crippen LogP contribution in [0.4, 0.5) is 0 Å². The van der Waals surface area contributed by atoms with Crippen LogP contribution < -0.4 is 10.9 Å². The molecule has 0 bridgehead atoms. The lowest BCUT2D eigenvalue weighted by molar-refractivity contribution is -0.686. The summed E-state index contributed by atoms with van der Waals surface area (Å²) in [6, 6.07) is 15.5. The zero-order valence-electron chi connectivity index (χ0n) is 13.0. The van der Waals surface area contributed by atoms with Crippen molar-refractivity contribution in [1.29, 1.82) is 0 Å². The summed E-state index contributed by atoms with van der Waals surface area (Å²) in [5.74, 6) is 0. The lowest BCUT2D eigenvalue weighted by Crippen LogP contribution is -2.80. The molecular weight excluding hydrogens is 310 g/mol. The van der Waals surface area contributed by atoms with Gasteiger partial charge in [-0.05, 0) is 30.2 Å². The molecule has 0 amide bonds. The van der Waals surface area contributed by atoms with Crippen LogP contribution >= 0.6 is 11.6 Å². The predicted octanol–water partition coefficient (Wildman–Crippen LogP) is 3.27. The van der Waals surface area contributed by atoms with E-state index in [0.717, 1.165) is 41.0 Å². The largest absolute Gasteiger partial charge is 0.423 e. The van der Waals surface area contributed by atoms with Gasteiger partial charge in [-0.15, -0.1) is 0 Å². The van der Waals surface area contributed by atoms with Gasteiger partial charge in [-0.2, -0.15) is 0 Å². The molecule has 3 nitrogen and oxygen atoms in total. The van der Waals surface area contributed by atoms with Crippen molar-refractivity contribution in [3.05, 3.63) is 80.7 Å². The Bertz CT molecular complexity index is 886. The van der Waals surface area contributed by atoms with Crippen LogP contribution in [-0.4, -0.2) is 0 Å². The second kappa shape index (κ2) is 6.99. The molecule has 3 rings (SSSR count). The van der Waals surface area contributed by atoms with E-state index < -0.39 is 0 Å². The number of rotatable bonds is 5. The fourth-order valence-electron chi connectivity index (χ4n) is 2.72. The minimum absolute atomic E-state index is 0.295. The molecule has 2 aromatic carbocycles. The van der Waals surface area contributed by atoms with Crippen molar-refractivity contribution in [1.82, 2.24) is 0 Å². The van der Waals surface area contributed by atoms with Crippen LogP contribution in [0.25, 0.3) is 11.0 Å². The standard InChI is InChI=1S/C19H18ClNO2/c1-2-13-6-7-17-15(10-19(22)23-18(17)9-13)12-21-11-14-4-3-5-16(20)8-14/h3-10,21H,2,11-12H2,1H3/p+1. The Morgan fingerprint density at radius 3 is 2.70 bits per heavy atom. The van der Waals surface area contributed by atoms with Crippen LogP contribution in [0.2, 0.25) is 5.02 Å². The molecule has 118 valence electrons. The van der Waals surface area contributed by atoms with E-state index in [2.05, 4.69) is 18.3 Å². The van der Waals surface area contributed by atoms with Gasteiger partial charge in [-0.25, -0.2) is 4.79 Å². The maximum absolute atomic E-state index is 11.8. The number of hydrogen-bond donors (Lipinski definition) is 1. The molecule has 4 heteroatoms. The summed E-state index contributed by atoms with van der Waals surface area (Å²) in [5, 5.41) is 3.91. The summed E-state index contributed by atoms with van der Waals surface area (Å²) in [4.78, 5) is 11.8. The first kappa shape index (κ1) is 15.8. The molecule has 1 heterocycles. The first-order valence-electron chi connectivity index (χ1n) is 7.77. The average molecular weight is 329 g/mol. The van der Waals surface area contributed by atoms with Crippen LogP contribution in [0.1, 0.15) is 23.6 Å². The number of quaternary nitrogens is 1. The minimum atomic E-state index is -0.295.